The number of hydrogen-bond donors (Lipinski definition) is 1. The summed E-state index contributed by atoms with van der Waals surface area (Å²) in [4.78, 5) is 0. The Balaban J connectivity index is 2.52. The van der Waals surface area contributed by atoms with Crippen LogP contribution < -0.4 is 10.1 Å². The molecule has 0 radical (unpaired) electrons. The van der Waals surface area contributed by atoms with E-state index < -0.39 is 12.6 Å². The van der Waals surface area contributed by atoms with Gasteiger partial charge in [0.25, 0.3) is 0 Å². The van der Waals surface area contributed by atoms with Crippen LogP contribution in [0.25, 0.3) is 0 Å². The van der Waals surface area contributed by atoms with Crippen LogP contribution in [0.15, 0.2) is 18.2 Å². The largest absolute Gasteiger partial charge is 0.495 e. The SMILES string of the molecule is COc1ccc(C)cc1NC(C)CCCC(F)(F)F. The number of benzene rings is 1. The fourth-order valence-electron chi connectivity index (χ4n) is 1.88. The summed E-state index contributed by atoms with van der Waals surface area (Å²) in [5.74, 6) is 0.702. The van der Waals surface area contributed by atoms with Crippen molar-refractivity contribution in [2.45, 2.75) is 45.3 Å². The molecule has 0 saturated heterocycles. The van der Waals surface area contributed by atoms with Gasteiger partial charge in [-0.05, 0) is 44.4 Å². The number of ether oxygens (including phenoxy) is 1. The summed E-state index contributed by atoms with van der Waals surface area (Å²) >= 11 is 0. The summed E-state index contributed by atoms with van der Waals surface area (Å²) < 4.78 is 41.4. The molecule has 1 unspecified atom stereocenters. The molecule has 1 rings (SSSR count). The van der Waals surface area contributed by atoms with Crippen molar-refractivity contribution in [1.82, 2.24) is 0 Å². The average Bonchev–Trinajstić information content (AvgIpc) is 2.27. The van der Waals surface area contributed by atoms with Crippen molar-refractivity contribution in [3.63, 3.8) is 0 Å². The quantitative estimate of drug-likeness (QED) is 0.823. The molecule has 1 atom stereocenters. The Bertz CT molecular complexity index is 404. The molecular weight excluding hydrogens is 255 g/mol. The number of methoxy groups -OCH3 is 1. The van der Waals surface area contributed by atoms with Gasteiger partial charge in [-0.1, -0.05) is 6.07 Å². The van der Waals surface area contributed by atoms with E-state index in [0.717, 1.165) is 11.3 Å². The highest BCUT2D eigenvalue weighted by molar-refractivity contribution is 5.58. The van der Waals surface area contributed by atoms with E-state index in [-0.39, 0.29) is 12.5 Å². The first-order valence-corrected chi connectivity index (χ1v) is 6.30. The fraction of sp³-hybridized carbons (Fsp3) is 0.571. The van der Waals surface area contributed by atoms with Gasteiger partial charge in [-0.25, -0.2) is 0 Å². The van der Waals surface area contributed by atoms with Gasteiger partial charge in [0.1, 0.15) is 5.75 Å². The van der Waals surface area contributed by atoms with Crippen LogP contribution in [-0.4, -0.2) is 19.3 Å². The highest BCUT2D eigenvalue weighted by atomic mass is 19.4. The van der Waals surface area contributed by atoms with Gasteiger partial charge >= 0.3 is 6.18 Å². The first-order chi connectivity index (χ1) is 8.81. The molecule has 19 heavy (non-hydrogen) atoms. The Morgan fingerprint density at radius 1 is 1.32 bits per heavy atom. The predicted octanol–water partition coefficient (Wildman–Crippen LogP) is 4.54. The lowest BCUT2D eigenvalue weighted by molar-refractivity contribution is -0.135. The highest BCUT2D eigenvalue weighted by Gasteiger charge is 2.26. The average molecular weight is 275 g/mol. The van der Waals surface area contributed by atoms with Crippen LogP contribution >= 0.6 is 0 Å². The topological polar surface area (TPSA) is 21.3 Å². The van der Waals surface area contributed by atoms with Gasteiger partial charge < -0.3 is 10.1 Å². The Hall–Kier alpha value is -1.39. The highest BCUT2D eigenvalue weighted by Crippen LogP contribution is 2.27. The van der Waals surface area contributed by atoms with Crippen LogP contribution in [0.3, 0.4) is 0 Å². The van der Waals surface area contributed by atoms with E-state index >= 15 is 0 Å². The van der Waals surface area contributed by atoms with Gasteiger partial charge in [0.05, 0.1) is 12.8 Å². The molecule has 0 aromatic heterocycles. The van der Waals surface area contributed by atoms with Crippen LogP contribution in [0.4, 0.5) is 18.9 Å². The van der Waals surface area contributed by atoms with Crippen molar-refractivity contribution in [1.29, 1.82) is 0 Å². The lowest BCUT2D eigenvalue weighted by Gasteiger charge is -2.18. The summed E-state index contributed by atoms with van der Waals surface area (Å²) in [5, 5.41) is 3.20. The van der Waals surface area contributed by atoms with Gasteiger partial charge in [-0.15, -0.1) is 0 Å². The Morgan fingerprint density at radius 3 is 2.58 bits per heavy atom. The van der Waals surface area contributed by atoms with E-state index in [0.29, 0.717) is 12.2 Å². The third-order valence-electron chi connectivity index (χ3n) is 2.85. The molecule has 108 valence electrons. The molecule has 0 aliphatic heterocycles. The Morgan fingerprint density at radius 2 is 2.00 bits per heavy atom. The van der Waals surface area contributed by atoms with Gasteiger partial charge in [-0.2, -0.15) is 13.2 Å². The fourth-order valence-corrected chi connectivity index (χ4v) is 1.88. The zero-order valence-electron chi connectivity index (χ0n) is 11.5. The van der Waals surface area contributed by atoms with E-state index in [4.69, 9.17) is 4.74 Å². The van der Waals surface area contributed by atoms with Crippen molar-refractivity contribution in [2.75, 3.05) is 12.4 Å². The maximum Gasteiger partial charge on any atom is 0.389 e. The number of aryl methyl sites for hydroxylation is 1. The maximum absolute atomic E-state index is 12.1. The second-order valence-corrected chi connectivity index (χ2v) is 4.76. The maximum atomic E-state index is 12.1. The first-order valence-electron chi connectivity index (χ1n) is 6.30. The second kappa shape index (κ2) is 6.68. The molecule has 1 aromatic rings. The van der Waals surface area contributed by atoms with E-state index in [2.05, 4.69) is 5.32 Å². The molecule has 0 aliphatic rings. The number of alkyl halides is 3. The van der Waals surface area contributed by atoms with Crippen LogP contribution in [0, 0.1) is 6.92 Å². The van der Waals surface area contributed by atoms with Gasteiger partial charge in [0.2, 0.25) is 0 Å². The standard InChI is InChI=1S/C14H20F3NO/c1-10-6-7-13(19-3)12(9-10)18-11(2)5-4-8-14(15,16)17/h6-7,9,11,18H,4-5,8H2,1-3H3. The molecular formula is C14H20F3NO. The lowest BCUT2D eigenvalue weighted by atomic mass is 10.1. The third kappa shape index (κ3) is 5.85. The minimum absolute atomic E-state index is 0.0296. The van der Waals surface area contributed by atoms with Crippen molar-refractivity contribution in [3.05, 3.63) is 23.8 Å². The van der Waals surface area contributed by atoms with E-state index in [9.17, 15) is 13.2 Å². The van der Waals surface area contributed by atoms with Gasteiger partial charge in [0, 0.05) is 12.5 Å². The van der Waals surface area contributed by atoms with Crippen LogP contribution in [0.2, 0.25) is 0 Å². The Kier molecular flexibility index (Phi) is 5.51. The molecule has 5 heteroatoms. The second-order valence-electron chi connectivity index (χ2n) is 4.76. The molecule has 0 amide bonds. The molecule has 0 spiro atoms. The molecule has 0 bridgehead atoms. The normalized spacial score (nSPS) is 13.2. The number of halogens is 3. The monoisotopic (exact) mass is 275 g/mol. The van der Waals surface area contributed by atoms with Crippen molar-refractivity contribution < 1.29 is 17.9 Å². The van der Waals surface area contributed by atoms with Crippen LogP contribution in [0.1, 0.15) is 31.7 Å². The summed E-state index contributed by atoms with van der Waals surface area (Å²) in [6, 6.07) is 5.68. The van der Waals surface area contributed by atoms with Gasteiger partial charge in [-0.3, -0.25) is 0 Å². The number of rotatable bonds is 6. The number of anilines is 1. The van der Waals surface area contributed by atoms with Crippen LogP contribution in [-0.2, 0) is 0 Å². The van der Waals surface area contributed by atoms with Crippen LogP contribution in [0.5, 0.6) is 5.75 Å². The summed E-state index contributed by atoms with van der Waals surface area (Å²) in [6.07, 6.45) is -4.20. The van der Waals surface area contributed by atoms with Crippen molar-refractivity contribution in [2.24, 2.45) is 0 Å². The van der Waals surface area contributed by atoms with Gasteiger partial charge in [0.15, 0.2) is 0 Å². The zero-order chi connectivity index (χ0) is 14.5. The van der Waals surface area contributed by atoms with E-state index in [1.165, 1.54) is 0 Å². The van der Waals surface area contributed by atoms with E-state index in [1.54, 1.807) is 7.11 Å². The molecule has 1 N–H and O–H groups in total. The molecule has 1 aromatic carbocycles. The summed E-state index contributed by atoms with van der Waals surface area (Å²) in [6.45, 7) is 3.83. The molecule has 0 saturated carbocycles. The zero-order valence-corrected chi connectivity index (χ0v) is 11.5. The number of nitrogens with one attached hydrogen (secondary N) is 1. The van der Waals surface area contributed by atoms with E-state index in [1.807, 2.05) is 32.0 Å². The predicted molar refractivity (Wildman–Crippen MR) is 70.7 cm³/mol. The minimum atomic E-state index is -4.07. The third-order valence-corrected chi connectivity index (χ3v) is 2.85. The van der Waals surface area contributed by atoms with Crippen molar-refractivity contribution >= 4 is 5.69 Å². The molecule has 0 heterocycles. The molecule has 0 aliphatic carbocycles. The summed E-state index contributed by atoms with van der Waals surface area (Å²) in [5.41, 5.74) is 1.90. The lowest BCUT2D eigenvalue weighted by Crippen LogP contribution is -2.17. The summed E-state index contributed by atoms with van der Waals surface area (Å²) in [7, 11) is 1.57. The molecule has 2 nitrogen and oxygen atoms in total. The smallest absolute Gasteiger partial charge is 0.389 e. The first kappa shape index (κ1) is 15.7. The Labute approximate surface area is 112 Å². The molecule has 0 fully saturated rings. The minimum Gasteiger partial charge on any atom is -0.495 e. The number of hydrogen-bond acceptors (Lipinski definition) is 2. The van der Waals surface area contributed by atoms with Crippen molar-refractivity contribution in [3.8, 4) is 5.75 Å².